The number of carbonyl (C=O) groups excluding carboxylic acids is 2. The van der Waals surface area contributed by atoms with E-state index in [1.165, 1.54) is 22.0 Å². The summed E-state index contributed by atoms with van der Waals surface area (Å²) in [6.45, 7) is 0. The van der Waals surface area contributed by atoms with Crippen molar-refractivity contribution in [3.63, 3.8) is 0 Å². The Bertz CT molecular complexity index is 1140. The highest BCUT2D eigenvalue weighted by atomic mass is 35.5. The predicted molar refractivity (Wildman–Crippen MR) is 122 cm³/mol. The van der Waals surface area contributed by atoms with Gasteiger partial charge in [-0.3, -0.25) is 19.0 Å². The van der Waals surface area contributed by atoms with Crippen molar-refractivity contribution in [2.45, 2.75) is 37.8 Å². The highest BCUT2D eigenvalue weighted by molar-refractivity contribution is 7.18. The first-order valence-corrected chi connectivity index (χ1v) is 11.4. The quantitative estimate of drug-likeness (QED) is 0.609. The van der Waals surface area contributed by atoms with Gasteiger partial charge in [-0.05, 0) is 55.3 Å². The van der Waals surface area contributed by atoms with E-state index < -0.39 is 0 Å². The Morgan fingerprint density at radius 1 is 0.903 bits per heavy atom. The second kappa shape index (κ2) is 9.49. The number of nitrogens with one attached hydrogen (secondary N) is 2. The van der Waals surface area contributed by atoms with Gasteiger partial charge in [0.1, 0.15) is 0 Å². The van der Waals surface area contributed by atoms with Gasteiger partial charge >= 0.3 is 0 Å². The van der Waals surface area contributed by atoms with E-state index in [0.717, 1.165) is 25.7 Å². The molecule has 1 saturated carbocycles. The van der Waals surface area contributed by atoms with Crippen LogP contribution in [0, 0.1) is 0 Å². The van der Waals surface area contributed by atoms with Crippen LogP contribution >= 0.6 is 22.9 Å². The third kappa shape index (κ3) is 5.06. The topological polar surface area (TPSA) is 80.2 Å². The summed E-state index contributed by atoms with van der Waals surface area (Å²) in [4.78, 5) is 37.9. The fourth-order valence-electron chi connectivity index (χ4n) is 3.82. The first-order chi connectivity index (χ1) is 15.0. The van der Waals surface area contributed by atoms with E-state index in [1.807, 2.05) is 0 Å². The molecule has 2 atom stereocenters. The fourth-order valence-corrected chi connectivity index (χ4v) is 4.76. The standard InChI is InChI=1S/C23H22ClN3O3S/c24-20-13-12-19(31-20)23(30)26-18-6-2-1-5-17(18)25-22(29)15-8-10-16(11-9-15)27-14-4-3-7-21(27)28/h3-4,7-14,17-18H,1-2,5-6H2,(H,25,29)(H,26,30)/t17-,18?/m0/s1. The molecule has 2 heterocycles. The Morgan fingerprint density at radius 2 is 1.58 bits per heavy atom. The minimum atomic E-state index is -0.197. The van der Waals surface area contributed by atoms with Gasteiger partial charge in [0.25, 0.3) is 17.4 Å². The summed E-state index contributed by atoms with van der Waals surface area (Å²) >= 11 is 7.17. The lowest BCUT2D eigenvalue weighted by atomic mass is 9.90. The molecule has 160 valence electrons. The van der Waals surface area contributed by atoms with Gasteiger partial charge in [0.2, 0.25) is 0 Å². The number of hydrogen-bond acceptors (Lipinski definition) is 4. The Labute approximate surface area is 188 Å². The van der Waals surface area contributed by atoms with Crippen molar-refractivity contribution in [2.24, 2.45) is 0 Å². The average molecular weight is 456 g/mol. The van der Waals surface area contributed by atoms with Gasteiger partial charge in [-0.25, -0.2) is 0 Å². The molecule has 4 rings (SSSR count). The van der Waals surface area contributed by atoms with Crippen molar-refractivity contribution >= 4 is 34.8 Å². The van der Waals surface area contributed by atoms with Crippen molar-refractivity contribution in [3.8, 4) is 5.69 Å². The van der Waals surface area contributed by atoms with Gasteiger partial charge in [0.05, 0.1) is 9.21 Å². The largest absolute Gasteiger partial charge is 0.347 e. The van der Waals surface area contributed by atoms with Crippen LogP contribution in [0.1, 0.15) is 45.7 Å². The zero-order valence-electron chi connectivity index (χ0n) is 16.7. The first kappa shape index (κ1) is 21.3. The van der Waals surface area contributed by atoms with Crippen molar-refractivity contribution < 1.29 is 9.59 Å². The molecular weight excluding hydrogens is 434 g/mol. The first-order valence-electron chi connectivity index (χ1n) is 10.2. The number of halogens is 1. The molecule has 0 saturated heterocycles. The van der Waals surface area contributed by atoms with E-state index in [2.05, 4.69) is 10.6 Å². The van der Waals surface area contributed by atoms with Crippen LogP contribution in [0.15, 0.2) is 65.6 Å². The lowest BCUT2D eigenvalue weighted by Gasteiger charge is -2.32. The number of pyridine rings is 1. The molecule has 0 aliphatic heterocycles. The average Bonchev–Trinajstić information content (AvgIpc) is 3.22. The van der Waals surface area contributed by atoms with E-state index >= 15 is 0 Å². The maximum absolute atomic E-state index is 12.8. The normalized spacial score (nSPS) is 18.4. The predicted octanol–water partition coefficient (Wildman–Crippen LogP) is 4.02. The number of thiophene rings is 1. The van der Waals surface area contributed by atoms with Crippen LogP contribution in [-0.4, -0.2) is 28.5 Å². The van der Waals surface area contributed by atoms with Crippen LogP contribution in [0.2, 0.25) is 4.34 Å². The second-order valence-electron chi connectivity index (χ2n) is 7.50. The molecule has 2 amide bonds. The SMILES string of the molecule is O=C(N[C@H]1CCCCC1NC(=O)c1ccc(Cl)s1)c1ccc(-n2ccccc2=O)cc1. The molecule has 1 unspecified atom stereocenters. The van der Waals surface area contributed by atoms with Crippen molar-refractivity contribution in [3.05, 3.63) is 85.9 Å². The molecular formula is C23H22ClN3O3S. The zero-order valence-corrected chi connectivity index (χ0v) is 18.3. The molecule has 0 bridgehead atoms. The van der Waals surface area contributed by atoms with E-state index in [9.17, 15) is 14.4 Å². The molecule has 1 aromatic carbocycles. The smallest absolute Gasteiger partial charge is 0.261 e. The van der Waals surface area contributed by atoms with Gasteiger partial charge in [0, 0.05) is 35.6 Å². The van der Waals surface area contributed by atoms with E-state index in [1.54, 1.807) is 54.7 Å². The maximum Gasteiger partial charge on any atom is 0.261 e. The van der Waals surface area contributed by atoms with Gasteiger partial charge in [-0.1, -0.05) is 30.5 Å². The molecule has 0 spiro atoms. The van der Waals surface area contributed by atoms with Crippen LogP contribution in [0.3, 0.4) is 0 Å². The number of benzene rings is 1. The van der Waals surface area contributed by atoms with Crippen molar-refractivity contribution in [1.29, 1.82) is 0 Å². The lowest BCUT2D eigenvalue weighted by Crippen LogP contribution is -2.53. The Morgan fingerprint density at radius 3 is 2.19 bits per heavy atom. The van der Waals surface area contributed by atoms with Crippen LogP contribution in [0.5, 0.6) is 0 Å². The molecule has 3 aromatic rings. The van der Waals surface area contributed by atoms with Crippen LogP contribution < -0.4 is 16.2 Å². The molecule has 1 aliphatic carbocycles. The number of aromatic nitrogens is 1. The third-order valence-corrected chi connectivity index (χ3v) is 6.66. The summed E-state index contributed by atoms with van der Waals surface area (Å²) in [6, 6.07) is 15.0. The van der Waals surface area contributed by atoms with Gasteiger partial charge in [0.15, 0.2) is 0 Å². The monoisotopic (exact) mass is 455 g/mol. The Balaban J connectivity index is 1.43. The molecule has 1 fully saturated rings. The summed E-state index contributed by atoms with van der Waals surface area (Å²) in [5.74, 6) is -0.363. The summed E-state index contributed by atoms with van der Waals surface area (Å²) in [5.41, 5.74) is 1.07. The lowest BCUT2D eigenvalue weighted by molar-refractivity contribution is 0.0865. The summed E-state index contributed by atoms with van der Waals surface area (Å²) in [6.07, 6.45) is 5.31. The molecule has 2 N–H and O–H groups in total. The third-order valence-electron chi connectivity index (χ3n) is 5.43. The number of amides is 2. The van der Waals surface area contributed by atoms with E-state index in [4.69, 9.17) is 11.6 Å². The zero-order chi connectivity index (χ0) is 21.8. The summed E-state index contributed by atoms with van der Waals surface area (Å²) in [5, 5.41) is 6.13. The molecule has 0 radical (unpaired) electrons. The van der Waals surface area contributed by atoms with Crippen molar-refractivity contribution in [2.75, 3.05) is 0 Å². The molecule has 8 heteroatoms. The second-order valence-corrected chi connectivity index (χ2v) is 9.22. The van der Waals surface area contributed by atoms with Crippen LogP contribution in [-0.2, 0) is 0 Å². The highest BCUT2D eigenvalue weighted by Crippen LogP contribution is 2.23. The van der Waals surface area contributed by atoms with E-state index in [0.29, 0.717) is 20.5 Å². The van der Waals surface area contributed by atoms with Crippen LogP contribution in [0.4, 0.5) is 0 Å². The molecule has 2 aromatic heterocycles. The molecule has 31 heavy (non-hydrogen) atoms. The Kier molecular flexibility index (Phi) is 6.53. The fraction of sp³-hybridized carbons (Fsp3) is 0.261. The van der Waals surface area contributed by atoms with Crippen LogP contribution in [0.25, 0.3) is 5.69 Å². The van der Waals surface area contributed by atoms with Crippen molar-refractivity contribution in [1.82, 2.24) is 15.2 Å². The molecule has 6 nitrogen and oxygen atoms in total. The molecule has 1 aliphatic rings. The maximum atomic E-state index is 12.8. The Hall–Kier alpha value is -2.90. The number of nitrogens with zero attached hydrogens (tertiary/aromatic N) is 1. The van der Waals surface area contributed by atoms with Gasteiger partial charge in [-0.2, -0.15) is 0 Å². The minimum absolute atomic E-state index is 0.131. The highest BCUT2D eigenvalue weighted by Gasteiger charge is 2.28. The van der Waals surface area contributed by atoms with Gasteiger partial charge < -0.3 is 10.6 Å². The number of hydrogen-bond donors (Lipinski definition) is 2. The van der Waals surface area contributed by atoms with Gasteiger partial charge in [-0.15, -0.1) is 11.3 Å². The summed E-state index contributed by atoms with van der Waals surface area (Å²) < 4.78 is 2.09. The summed E-state index contributed by atoms with van der Waals surface area (Å²) in [7, 11) is 0. The number of rotatable bonds is 5. The number of carbonyl (C=O) groups is 2. The minimum Gasteiger partial charge on any atom is -0.347 e. The van der Waals surface area contributed by atoms with E-state index in [-0.39, 0.29) is 29.5 Å².